The van der Waals surface area contributed by atoms with E-state index in [1.807, 2.05) is 0 Å². The Balaban J connectivity index is 1.46. The lowest BCUT2D eigenvalue weighted by Gasteiger charge is -2.35. The second-order valence-electron chi connectivity index (χ2n) is 7.42. The van der Waals surface area contributed by atoms with Gasteiger partial charge in [-0.3, -0.25) is 4.79 Å². The summed E-state index contributed by atoms with van der Waals surface area (Å²) < 4.78 is 16.5. The first-order valence-corrected chi connectivity index (χ1v) is 9.13. The van der Waals surface area contributed by atoms with E-state index in [9.17, 15) is 4.79 Å². The van der Waals surface area contributed by atoms with E-state index in [0.29, 0.717) is 25.1 Å². The molecule has 1 heterocycles. The normalized spacial score (nSPS) is 30.2. The van der Waals surface area contributed by atoms with Crippen molar-refractivity contribution in [1.82, 2.24) is 0 Å². The van der Waals surface area contributed by atoms with Crippen molar-refractivity contribution < 1.29 is 19.0 Å². The number of hydrogen-bond acceptors (Lipinski definition) is 4. The summed E-state index contributed by atoms with van der Waals surface area (Å²) >= 11 is 0. The van der Waals surface area contributed by atoms with Crippen LogP contribution >= 0.6 is 0 Å². The van der Waals surface area contributed by atoms with Gasteiger partial charge in [0.25, 0.3) is 0 Å². The predicted molar refractivity (Wildman–Crippen MR) is 90.2 cm³/mol. The molecule has 4 nitrogen and oxygen atoms in total. The Morgan fingerprint density at radius 3 is 2.67 bits per heavy atom. The number of ether oxygens (including phenoxy) is 3. The molecule has 1 aromatic rings. The van der Waals surface area contributed by atoms with Crippen LogP contribution in [0.3, 0.4) is 0 Å². The van der Waals surface area contributed by atoms with Crippen LogP contribution in [-0.2, 0) is 27.1 Å². The van der Waals surface area contributed by atoms with E-state index in [1.165, 1.54) is 11.1 Å². The van der Waals surface area contributed by atoms with Gasteiger partial charge in [-0.25, -0.2) is 0 Å². The maximum absolute atomic E-state index is 13.1. The first-order valence-electron chi connectivity index (χ1n) is 9.13. The summed E-state index contributed by atoms with van der Waals surface area (Å²) in [5.41, 5.74) is 3.24. The molecule has 0 atom stereocenters. The molecule has 0 N–H and O–H groups in total. The van der Waals surface area contributed by atoms with Crippen LogP contribution in [0, 0.1) is 5.41 Å². The Morgan fingerprint density at radius 1 is 1.21 bits per heavy atom. The van der Waals surface area contributed by atoms with Crippen LogP contribution < -0.4 is 0 Å². The Bertz CT molecular complexity index is 610. The van der Waals surface area contributed by atoms with E-state index < -0.39 is 0 Å². The fourth-order valence-electron chi connectivity index (χ4n) is 4.52. The van der Waals surface area contributed by atoms with Gasteiger partial charge in [-0.15, -0.1) is 0 Å². The predicted octanol–water partition coefficient (Wildman–Crippen LogP) is 3.31. The summed E-state index contributed by atoms with van der Waals surface area (Å²) in [6.07, 6.45) is 6.82. The van der Waals surface area contributed by atoms with E-state index in [2.05, 4.69) is 18.2 Å². The minimum Gasteiger partial charge on any atom is -0.381 e. The van der Waals surface area contributed by atoms with E-state index in [1.54, 1.807) is 7.11 Å². The molecular formula is C20H26O4. The van der Waals surface area contributed by atoms with Crippen molar-refractivity contribution >= 4 is 5.78 Å². The third-order valence-electron chi connectivity index (χ3n) is 6.01. The standard InChI is InChI=1S/C20H26O4/c1-22-16-6-8-20(9-7-16)13-15-4-2-14(12-17(15)19(20)21)3-5-18-23-10-11-24-18/h2,4,12,16,18H,3,5-11,13H2,1H3/t16-,20-. The fourth-order valence-corrected chi connectivity index (χ4v) is 4.52. The molecule has 130 valence electrons. The number of aryl methyl sites for hydroxylation is 1. The molecule has 1 saturated heterocycles. The number of ketones is 1. The quantitative estimate of drug-likeness (QED) is 0.850. The number of hydrogen-bond donors (Lipinski definition) is 0. The summed E-state index contributed by atoms with van der Waals surface area (Å²) in [4.78, 5) is 13.1. The first-order chi connectivity index (χ1) is 11.7. The SMILES string of the molecule is CO[C@H]1CC[C@]2(CC1)Cc1ccc(CCC3OCCO3)cc1C2=O. The third-order valence-corrected chi connectivity index (χ3v) is 6.01. The minimum atomic E-state index is -0.159. The van der Waals surface area contributed by atoms with Crippen molar-refractivity contribution in [2.75, 3.05) is 20.3 Å². The molecule has 2 fully saturated rings. The van der Waals surface area contributed by atoms with Crippen molar-refractivity contribution in [3.8, 4) is 0 Å². The molecule has 1 spiro atoms. The summed E-state index contributed by atoms with van der Waals surface area (Å²) in [7, 11) is 1.78. The van der Waals surface area contributed by atoms with Gasteiger partial charge in [0.15, 0.2) is 12.1 Å². The number of carbonyl (C=O) groups excluding carboxylic acids is 1. The maximum Gasteiger partial charge on any atom is 0.169 e. The van der Waals surface area contributed by atoms with Crippen LogP contribution in [0.4, 0.5) is 0 Å². The highest BCUT2D eigenvalue weighted by molar-refractivity contribution is 6.05. The molecule has 1 saturated carbocycles. The molecular weight excluding hydrogens is 304 g/mol. The van der Waals surface area contributed by atoms with Gasteiger partial charge in [0.05, 0.1) is 19.3 Å². The van der Waals surface area contributed by atoms with Crippen molar-refractivity contribution in [1.29, 1.82) is 0 Å². The summed E-state index contributed by atoms with van der Waals surface area (Å²) in [6.45, 7) is 1.39. The van der Waals surface area contributed by atoms with Crippen molar-refractivity contribution in [3.63, 3.8) is 0 Å². The van der Waals surface area contributed by atoms with Gasteiger partial charge >= 0.3 is 0 Å². The molecule has 0 amide bonds. The number of fused-ring (bicyclic) bond motifs is 1. The van der Waals surface area contributed by atoms with Gasteiger partial charge in [-0.05, 0) is 55.7 Å². The molecule has 2 aliphatic carbocycles. The van der Waals surface area contributed by atoms with Crippen LogP contribution in [0.1, 0.15) is 53.6 Å². The number of rotatable bonds is 4. The summed E-state index contributed by atoms with van der Waals surface area (Å²) in [5, 5.41) is 0. The monoisotopic (exact) mass is 330 g/mol. The summed E-state index contributed by atoms with van der Waals surface area (Å²) in [6, 6.07) is 6.45. The van der Waals surface area contributed by atoms with Crippen LogP contribution in [0.25, 0.3) is 0 Å². The molecule has 0 unspecified atom stereocenters. The Morgan fingerprint density at radius 2 is 1.96 bits per heavy atom. The molecule has 0 radical (unpaired) electrons. The van der Waals surface area contributed by atoms with E-state index in [-0.39, 0.29) is 11.7 Å². The number of benzene rings is 1. The van der Waals surface area contributed by atoms with Gasteiger partial charge in [-0.1, -0.05) is 12.1 Å². The van der Waals surface area contributed by atoms with Crippen molar-refractivity contribution in [2.24, 2.45) is 5.41 Å². The Kier molecular flexibility index (Phi) is 4.46. The topological polar surface area (TPSA) is 44.8 Å². The summed E-state index contributed by atoms with van der Waals surface area (Å²) in [5.74, 6) is 0.363. The second kappa shape index (κ2) is 6.58. The van der Waals surface area contributed by atoms with Crippen LogP contribution in [0.15, 0.2) is 18.2 Å². The highest BCUT2D eigenvalue weighted by atomic mass is 16.7. The number of Topliss-reactive ketones (excluding diaryl/α,β-unsaturated/α-hetero) is 1. The molecule has 24 heavy (non-hydrogen) atoms. The lowest BCUT2D eigenvalue weighted by molar-refractivity contribution is -0.0461. The minimum absolute atomic E-state index is 0.0791. The van der Waals surface area contributed by atoms with Gasteiger partial charge in [0.2, 0.25) is 0 Å². The smallest absolute Gasteiger partial charge is 0.169 e. The van der Waals surface area contributed by atoms with Gasteiger partial charge in [-0.2, -0.15) is 0 Å². The van der Waals surface area contributed by atoms with E-state index in [0.717, 1.165) is 50.5 Å². The maximum atomic E-state index is 13.1. The Labute approximate surface area is 143 Å². The van der Waals surface area contributed by atoms with Crippen molar-refractivity contribution in [2.45, 2.75) is 57.3 Å². The van der Waals surface area contributed by atoms with Crippen LogP contribution in [-0.4, -0.2) is 38.5 Å². The zero-order valence-corrected chi connectivity index (χ0v) is 14.4. The van der Waals surface area contributed by atoms with Gasteiger partial charge < -0.3 is 14.2 Å². The largest absolute Gasteiger partial charge is 0.381 e. The second-order valence-corrected chi connectivity index (χ2v) is 7.42. The average Bonchev–Trinajstić information content (AvgIpc) is 3.22. The Hall–Kier alpha value is -1.23. The van der Waals surface area contributed by atoms with Gasteiger partial charge in [0, 0.05) is 24.5 Å². The zero-order chi connectivity index (χ0) is 16.6. The first kappa shape index (κ1) is 16.2. The molecule has 4 rings (SSSR count). The molecule has 0 bridgehead atoms. The van der Waals surface area contributed by atoms with Crippen molar-refractivity contribution in [3.05, 3.63) is 34.9 Å². The highest BCUT2D eigenvalue weighted by Crippen LogP contribution is 2.47. The molecule has 3 aliphatic rings. The molecule has 0 aromatic heterocycles. The van der Waals surface area contributed by atoms with Crippen LogP contribution in [0.2, 0.25) is 0 Å². The number of methoxy groups -OCH3 is 1. The highest BCUT2D eigenvalue weighted by Gasteiger charge is 2.47. The molecule has 1 aromatic carbocycles. The van der Waals surface area contributed by atoms with Crippen LogP contribution in [0.5, 0.6) is 0 Å². The van der Waals surface area contributed by atoms with E-state index in [4.69, 9.17) is 14.2 Å². The lowest BCUT2D eigenvalue weighted by atomic mass is 9.70. The lowest BCUT2D eigenvalue weighted by Crippen LogP contribution is -2.35. The number of carbonyl (C=O) groups is 1. The zero-order valence-electron chi connectivity index (χ0n) is 14.4. The fraction of sp³-hybridized carbons (Fsp3) is 0.650. The van der Waals surface area contributed by atoms with Gasteiger partial charge in [0.1, 0.15) is 0 Å². The molecule has 4 heteroatoms. The molecule has 1 aliphatic heterocycles. The average molecular weight is 330 g/mol. The third kappa shape index (κ3) is 2.92. The van der Waals surface area contributed by atoms with E-state index >= 15 is 0 Å².